The maximum absolute atomic E-state index is 12.8. The smallest absolute Gasteiger partial charge is 0.376 e. The molecule has 7 heteroatoms. The predicted octanol–water partition coefficient (Wildman–Crippen LogP) is 3.54. The molecule has 112 valence electrons. The van der Waals surface area contributed by atoms with E-state index in [0.29, 0.717) is 6.54 Å². The average Bonchev–Trinajstić information content (AvgIpc) is 2.33. The van der Waals surface area contributed by atoms with E-state index in [1.165, 1.54) is 12.1 Å². The molecule has 1 rings (SSSR count). The molecule has 0 aliphatic carbocycles. The number of carbonyl (C=O) groups is 1. The van der Waals surface area contributed by atoms with Crippen LogP contribution in [0.15, 0.2) is 18.2 Å². The van der Waals surface area contributed by atoms with Crippen LogP contribution in [0.1, 0.15) is 19.4 Å². The van der Waals surface area contributed by atoms with E-state index < -0.39 is 11.7 Å². The van der Waals surface area contributed by atoms with E-state index in [0.717, 1.165) is 6.07 Å². The first-order valence-corrected chi connectivity index (χ1v) is 6.45. The Morgan fingerprint density at radius 2 is 2.00 bits per heavy atom. The highest BCUT2D eigenvalue weighted by Gasteiger charge is 2.33. The molecule has 0 atom stereocenters. The van der Waals surface area contributed by atoms with Crippen molar-refractivity contribution >= 4 is 23.2 Å². The molecule has 3 nitrogen and oxygen atoms in total. The molecule has 0 saturated carbocycles. The fourth-order valence-corrected chi connectivity index (χ4v) is 1.63. The predicted molar refractivity (Wildman–Crippen MR) is 72.8 cm³/mol. The first kappa shape index (κ1) is 16.6. The van der Waals surface area contributed by atoms with Crippen molar-refractivity contribution in [3.8, 4) is 0 Å². The number of anilines is 1. The Labute approximate surface area is 120 Å². The summed E-state index contributed by atoms with van der Waals surface area (Å²) in [6.07, 6.45) is -4.53. The molecular weight excluding hydrogens is 293 g/mol. The summed E-state index contributed by atoms with van der Waals surface area (Å²) in [5.41, 5.74) is -1.05. The molecule has 1 aromatic rings. The van der Waals surface area contributed by atoms with Gasteiger partial charge >= 0.3 is 6.18 Å². The molecule has 0 aliphatic rings. The second-order valence-electron chi connectivity index (χ2n) is 4.74. The summed E-state index contributed by atoms with van der Waals surface area (Å²) in [7, 11) is 0. The minimum atomic E-state index is -4.53. The lowest BCUT2D eigenvalue weighted by Gasteiger charge is -2.15. The zero-order valence-corrected chi connectivity index (χ0v) is 11.9. The summed E-state index contributed by atoms with van der Waals surface area (Å²) >= 11 is 5.56. The normalized spacial score (nSPS) is 11.6. The van der Waals surface area contributed by atoms with Crippen LogP contribution in [-0.4, -0.2) is 19.0 Å². The van der Waals surface area contributed by atoms with E-state index >= 15 is 0 Å². The van der Waals surface area contributed by atoms with Crippen LogP contribution in [0.3, 0.4) is 0 Å². The molecule has 0 bridgehead atoms. The molecule has 1 amide bonds. The highest BCUT2D eigenvalue weighted by atomic mass is 35.5. The molecule has 0 heterocycles. The second-order valence-corrected chi connectivity index (χ2v) is 5.18. The lowest BCUT2D eigenvalue weighted by atomic mass is 10.1. The van der Waals surface area contributed by atoms with E-state index in [-0.39, 0.29) is 29.1 Å². The topological polar surface area (TPSA) is 41.1 Å². The van der Waals surface area contributed by atoms with Gasteiger partial charge in [0.05, 0.1) is 12.1 Å². The van der Waals surface area contributed by atoms with Crippen molar-refractivity contribution in [2.24, 2.45) is 5.92 Å². The van der Waals surface area contributed by atoms with Crippen LogP contribution in [0.4, 0.5) is 18.9 Å². The fraction of sp³-hybridized carbons (Fsp3) is 0.462. The zero-order chi connectivity index (χ0) is 15.3. The number of hydrogen-bond acceptors (Lipinski definition) is 2. The maximum Gasteiger partial charge on any atom is 0.418 e. The van der Waals surface area contributed by atoms with Crippen molar-refractivity contribution in [3.05, 3.63) is 28.8 Å². The number of carbonyl (C=O) groups excluding carboxylic acids is 1. The second kappa shape index (κ2) is 6.83. The molecule has 0 spiro atoms. The Kier molecular flexibility index (Phi) is 5.68. The van der Waals surface area contributed by atoms with Gasteiger partial charge < -0.3 is 10.6 Å². The quantitative estimate of drug-likeness (QED) is 0.873. The molecule has 0 aliphatic heterocycles. The lowest BCUT2D eigenvalue weighted by molar-refractivity contribution is -0.137. The van der Waals surface area contributed by atoms with Gasteiger partial charge in [-0.25, -0.2) is 0 Å². The number of amides is 1. The molecular formula is C13H16ClF3N2O. The van der Waals surface area contributed by atoms with Gasteiger partial charge in [-0.2, -0.15) is 13.2 Å². The molecule has 2 N–H and O–H groups in total. The van der Waals surface area contributed by atoms with Gasteiger partial charge in [0.2, 0.25) is 5.91 Å². The van der Waals surface area contributed by atoms with E-state index in [2.05, 4.69) is 10.6 Å². The molecule has 0 unspecified atom stereocenters. The molecule has 0 radical (unpaired) electrons. The number of alkyl halides is 3. The molecule has 0 fully saturated rings. The van der Waals surface area contributed by atoms with E-state index in [1.807, 2.05) is 13.8 Å². The lowest BCUT2D eigenvalue weighted by Crippen LogP contribution is -2.32. The van der Waals surface area contributed by atoms with Crippen LogP contribution in [0.25, 0.3) is 0 Å². The van der Waals surface area contributed by atoms with Gasteiger partial charge in [0.25, 0.3) is 0 Å². The summed E-state index contributed by atoms with van der Waals surface area (Å²) in [6, 6.07) is 3.38. The van der Waals surface area contributed by atoms with Crippen molar-refractivity contribution in [3.63, 3.8) is 0 Å². The highest BCUT2D eigenvalue weighted by Crippen LogP contribution is 2.36. The monoisotopic (exact) mass is 308 g/mol. The van der Waals surface area contributed by atoms with Gasteiger partial charge in [-0.3, -0.25) is 4.79 Å². The van der Waals surface area contributed by atoms with Crippen molar-refractivity contribution in [1.82, 2.24) is 5.32 Å². The Morgan fingerprint density at radius 3 is 2.55 bits per heavy atom. The van der Waals surface area contributed by atoms with Crippen LogP contribution in [0, 0.1) is 5.92 Å². The third-order valence-corrected chi connectivity index (χ3v) is 2.67. The minimum absolute atomic E-state index is 0.00728. The Bertz CT molecular complexity index is 475. The van der Waals surface area contributed by atoms with Crippen LogP contribution >= 0.6 is 11.6 Å². The van der Waals surface area contributed by atoms with Crippen molar-refractivity contribution < 1.29 is 18.0 Å². The number of nitrogens with one attached hydrogen (secondary N) is 2. The zero-order valence-electron chi connectivity index (χ0n) is 11.1. The molecule has 1 aromatic carbocycles. The summed E-state index contributed by atoms with van der Waals surface area (Å²) < 4.78 is 38.4. The van der Waals surface area contributed by atoms with Gasteiger partial charge in [-0.05, 0) is 24.1 Å². The van der Waals surface area contributed by atoms with E-state index in [4.69, 9.17) is 11.6 Å². The Morgan fingerprint density at radius 1 is 1.35 bits per heavy atom. The summed E-state index contributed by atoms with van der Waals surface area (Å²) in [5.74, 6) is -0.0815. The number of hydrogen-bond donors (Lipinski definition) is 2. The van der Waals surface area contributed by atoms with Crippen LogP contribution in [0.5, 0.6) is 0 Å². The van der Waals surface area contributed by atoms with Crippen molar-refractivity contribution in [1.29, 1.82) is 0 Å². The van der Waals surface area contributed by atoms with Gasteiger partial charge in [0.1, 0.15) is 0 Å². The Hall–Kier alpha value is -1.43. The third kappa shape index (κ3) is 5.28. The molecule has 0 aromatic heterocycles. The minimum Gasteiger partial charge on any atom is -0.376 e. The summed E-state index contributed by atoms with van der Waals surface area (Å²) in [6.45, 7) is 4.11. The van der Waals surface area contributed by atoms with Gasteiger partial charge in [-0.1, -0.05) is 25.4 Å². The van der Waals surface area contributed by atoms with Crippen molar-refractivity contribution in [2.45, 2.75) is 20.0 Å². The maximum atomic E-state index is 12.8. The van der Waals surface area contributed by atoms with Gasteiger partial charge in [0, 0.05) is 17.3 Å². The largest absolute Gasteiger partial charge is 0.418 e. The Balaban J connectivity index is 2.71. The number of rotatable bonds is 5. The first-order chi connectivity index (χ1) is 9.20. The standard InChI is InChI=1S/C13H16ClF3N2O/c1-8(2)6-19-12(20)7-18-11-4-3-9(14)5-10(11)13(15,16)17/h3-5,8,18H,6-7H2,1-2H3,(H,19,20). The molecule has 0 saturated heterocycles. The summed E-state index contributed by atoms with van der Waals surface area (Å²) in [4.78, 5) is 11.5. The highest BCUT2D eigenvalue weighted by molar-refractivity contribution is 6.30. The average molecular weight is 309 g/mol. The van der Waals surface area contributed by atoms with Crippen LogP contribution < -0.4 is 10.6 Å². The first-order valence-electron chi connectivity index (χ1n) is 6.07. The fourth-order valence-electron chi connectivity index (χ4n) is 1.46. The van der Waals surface area contributed by atoms with Crippen LogP contribution in [-0.2, 0) is 11.0 Å². The van der Waals surface area contributed by atoms with Gasteiger partial charge in [0.15, 0.2) is 0 Å². The third-order valence-electron chi connectivity index (χ3n) is 2.43. The van der Waals surface area contributed by atoms with Gasteiger partial charge in [-0.15, -0.1) is 0 Å². The van der Waals surface area contributed by atoms with Crippen molar-refractivity contribution in [2.75, 3.05) is 18.4 Å². The van der Waals surface area contributed by atoms with E-state index in [1.54, 1.807) is 0 Å². The van der Waals surface area contributed by atoms with Crippen LogP contribution in [0.2, 0.25) is 5.02 Å². The van der Waals surface area contributed by atoms with E-state index in [9.17, 15) is 18.0 Å². The molecule has 20 heavy (non-hydrogen) atoms. The SMILES string of the molecule is CC(C)CNC(=O)CNc1ccc(Cl)cc1C(F)(F)F. The summed E-state index contributed by atoms with van der Waals surface area (Å²) in [5, 5.41) is 5.09. The number of halogens is 4. The number of benzene rings is 1.